The number of hydrogen-bond acceptors (Lipinski definition) is 6. The number of ether oxygens (including phenoxy) is 2. The van der Waals surface area contributed by atoms with Crippen LogP contribution in [-0.4, -0.2) is 41.8 Å². The first kappa shape index (κ1) is 26.3. The first-order valence-electron chi connectivity index (χ1n) is 11.7. The summed E-state index contributed by atoms with van der Waals surface area (Å²) in [7, 11) is 0. The van der Waals surface area contributed by atoms with Crippen LogP contribution in [0.1, 0.15) is 23.6 Å². The fourth-order valence-corrected chi connectivity index (χ4v) is 3.54. The molecule has 0 saturated carbocycles. The molecule has 0 aliphatic heterocycles. The van der Waals surface area contributed by atoms with Gasteiger partial charge in [0.25, 0.3) is 0 Å². The van der Waals surface area contributed by atoms with Gasteiger partial charge in [-0.05, 0) is 35.7 Å². The molecular weight excluding hydrogens is 460 g/mol. The van der Waals surface area contributed by atoms with Crippen molar-refractivity contribution in [1.82, 2.24) is 10.6 Å². The van der Waals surface area contributed by atoms with E-state index in [4.69, 9.17) is 9.47 Å². The zero-order chi connectivity index (χ0) is 25.8. The Kier molecular flexibility index (Phi) is 9.88. The Hall–Kier alpha value is -4.33. The third kappa shape index (κ3) is 8.47. The van der Waals surface area contributed by atoms with Crippen LogP contribution in [-0.2, 0) is 38.5 Å². The van der Waals surface area contributed by atoms with Crippen molar-refractivity contribution in [3.63, 3.8) is 0 Å². The maximum atomic E-state index is 13.3. The van der Waals surface area contributed by atoms with Crippen molar-refractivity contribution in [1.29, 1.82) is 0 Å². The predicted octanol–water partition coefficient (Wildman–Crippen LogP) is 3.52. The normalized spacial score (nSPS) is 12.1. The molecule has 3 aromatic carbocycles. The van der Waals surface area contributed by atoms with Gasteiger partial charge >= 0.3 is 12.1 Å². The third-order valence-corrected chi connectivity index (χ3v) is 5.37. The van der Waals surface area contributed by atoms with E-state index in [0.29, 0.717) is 0 Å². The minimum absolute atomic E-state index is 0.0542. The summed E-state index contributed by atoms with van der Waals surface area (Å²) >= 11 is 0. The fourth-order valence-electron chi connectivity index (χ4n) is 3.54. The second-order valence-corrected chi connectivity index (χ2v) is 8.13. The van der Waals surface area contributed by atoms with Gasteiger partial charge in [-0.25, -0.2) is 9.59 Å². The first-order chi connectivity index (χ1) is 17.4. The molecule has 0 aliphatic carbocycles. The van der Waals surface area contributed by atoms with Crippen LogP contribution >= 0.6 is 0 Å². The molecule has 0 fully saturated rings. The third-order valence-electron chi connectivity index (χ3n) is 5.37. The smallest absolute Gasteiger partial charge is 0.408 e. The molecule has 0 heterocycles. The van der Waals surface area contributed by atoms with Crippen LogP contribution in [0.5, 0.6) is 5.75 Å². The monoisotopic (exact) mass is 490 g/mol. The largest absolute Gasteiger partial charge is 0.508 e. The predicted molar refractivity (Wildman–Crippen MR) is 134 cm³/mol. The summed E-state index contributed by atoms with van der Waals surface area (Å²) in [5, 5.41) is 14.9. The quantitative estimate of drug-likeness (QED) is 0.355. The van der Waals surface area contributed by atoms with Gasteiger partial charge in [-0.1, -0.05) is 72.8 Å². The van der Waals surface area contributed by atoms with E-state index in [-0.39, 0.29) is 31.8 Å². The molecule has 0 spiro atoms. The highest BCUT2D eigenvalue weighted by atomic mass is 16.5. The van der Waals surface area contributed by atoms with Crippen molar-refractivity contribution in [2.45, 2.75) is 38.5 Å². The van der Waals surface area contributed by atoms with Gasteiger partial charge in [0.15, 0.2) is 0 Å². The summed E-state index contributed by atoms with van der Waals surface area (Å²) in [5.74, 6) is -1.05. The average molecular weight is 491 g/mol. The van der Waals surface area contributed by atoms with Crippen molar-refractivity contribution in [3.05, 3.63) is 102 Å². The van der Waals surface area contributed by atoms with Gasteiger partial charge in [0, 0.05) is 12.8 Å². The number of esters is 1. The second-order valence-electron chi connectivity index (χ2n) is 8.13. The summed E-state index contributed by atoms with van der Waals surface area (Å²) in [4.78, 5) is 38.4. The molecule has 3 aromatic rings. The molecule has 3 N–H and O–H groups in total. The Morgan fingerprint density at radius 2 is 1.28 bits per heavy atom. The zero-order valence-electron chi connectivity index (χ0n) is 20.1. The van der Waals surface area contributed by atoms with Gasteiger partial charge in [0.05, 0.1) is 6.61 Å². The number of alkyl carbamates (subject to hydrolysis) is 1. The van der Waals surface area contributed by atoms with E-state index < -0.39 is 30.1 Å². The van der Waals surface area contributed by atoms with Gasteiger partial charge in [-0.15, -0.1) is 0 Å². The Morgan fingerprint density at radius 3 is 1.89 bits per heavy atom. The molecule has 0 radical (unpaired) electrons. The molecule has 8 heteroatoms. The fraction of sp³-hybridized carbons (Fsp3) is 0.250. The Morgan fingerprint density at radius 1 is 0.722 bits per heavy atom. The highest BCUT2D eigenvalue weighted by molar-refractivity contribution is 5.90. The number of nitrogens with one attached hydrogen (secondary N) is 2. The number of aromatic hydroxyl groups is 1. The van der Waals surface area contributed by atoms with Crippen molar-refractivity contribution in [3.8, 4) is 5.75 Å². The summed E-state index contributed by atoms with van der Waals surface area (Å²) < 4.78 is 10.5. The standard InChI is InChI=1S/C28H30N2O6/c1-2-35-27(33)25(18-21-13-15-23(31)16-14-21)29-26(32)24(17-20-9-5-3-6-10-20)30-28(34)36-19-22-11-7-4-8-12-22/h3-16,24-25,31H,2,17-19H2,1H3,(H,29,32)(H,30,34)/t24-,25-/m1/s1. The summed E-state index contributed by atoms with van der Waals surface area (Å²) in [6.45, 7) is 1.89. The summed E-state index contributed by atoms with van der Waals surface area (Å²) in [6.07, 6.45) is -0.399. The van der Waals surface area contributed by atoms with Gasteiger partial charge < -0.3 is 25.2 Å². The van der Waals surface area contributed by atoms with Crippen LogP contribution in [0, 0.1) is 0 Å². The molecular formula is C28H30N2O6. The Balaban J connectivity index is 1.72. The van der Waals surface area contributed by atoms with E-state index in [9.17, 15) is 19.5 Å². The number of carbonyl (C=O) groups is 3. The van der Waals surface area contributed by atoms with E-state index in [1.807, 2.05) is 60.7 Å². The van der Waals surface area contributed by atoms with Crippen molar-refractivity contribution >= 4 is 18.0 Å². The van der Waals surface area contributed by atoms with Gasteiger partial charge in [-0.2, -0.15) is 0 Å². The second kappa shape index (κ2) is 13.5. The summed E-state index contributed by atoms with van der Waals surface area (Å²) in [5.41, 5.74) is 2.36. The SMILES string of the molecule is CCOC(=O)[C@@H](Cc1ccc(O)cc1)NC(=O)[C@@H](Cc1ccccc1)NC(=O)OCc1ccccc1. The lowest BCUT2D eigenvalue weighted by atomic mass is 10.0. The molecule has 36 heavy (non-hydrogen) atoms. The van der Waals surface area contributed by atoms with Crippen LogP contribution in [0.3, 0.4) is 0 Å². The number of rotatable bonds is 11. The van der Waals surface area contributed by atoms with Crippen LogP contribution < -0.4 is 10.6 Å². The number of amides is 2. The Bertz CT molecular complexity index is 1120. The zero-order valence-corrected chi connectivity index (χ0v) is 20.1. The Labute approximate surface area is 210 Å². The molecule has 0 bridgehead atoms. The average Bonchev–Trinajstić information content (AvgIpc) is 2.89. The van der Waals surface area contributed by atoms with Gasteiger partial charge in [0.1, 0.15) is 24.4 Å². The number of benzene rings is 3. The molecule has 188 valence electrons. The molecule has 2 atom stereocenters. The lowest BCUT2D eigenvalue weighted by Crippen LogP contribution is -2.53. The molecule has 0 aliphatic rings. The lowest BCUT2D eigenvalue weighted by molar-refractivity contribution is -0.147. The van der Waals surface area contributed by atoms with Crippen molar-refractivity contribution in [2.24, 2.45) is 0 Å². The van der Waals surface area contributed by atoms with Crippen LogP contribution in [0.4, 0.5) is 4.79 Å². The minimum atomic E-state index is -0.993. The van der Waals surface area contributed by atoms with E-state index in [0.717, 1.165) is 16.7 Å². The van der Waals surface area contributed by atoms with Crippen molar-refractivity contribution < 1.29 is 29.0 Å². The maximum absolute atomic E-state index is 13.3. The van der Waals surface area contributed by atoms with Crippen molar-refractivity contribution in [2.75, 3.05) is 6.61 Å². The van der Waals surface area contributed by atoms with Gasteiger partial charge in [-0.3, -0.25) is 4.79 Å². The molecule has 8 nitrogen and oxygen atoms in total. The number of phenolic OH excluding ortho intramolecular Hbond substituents is 1. The molecule has 3 rings (SSSR count). The van der Waals surface area contributed by atoms with E-state index in [1.54, 1.807) is 19.1 Å². The van der Waals surface area contributed by atoms with Crippen LogP contribution in [0.2, 0.25) is 0 Å². The number of phenols is 1. The van der Waals surface area contributed by atoms with E-state index in [2.05, 4.69) is 10.6 Å². The van der Waals surface area contributed by atoms with Crippen LogP contribution in [0.25, 0.3) is 0 Å². The molecule has 0 aromatic heterocycles. The highest BCUT2D eigenvalue weighted by Gasteiger charge is 2.28. The van der Waals surface area contributed by atoms with E-state index in [1.165, 1.54) is 12.1 Å². The number of carbonyl (C=O) groups excluding carboxylic acids is 3. The number of hydrogen-bond donors (Lipinski definition) is 3. The topological polar surface area (TPSA) is 114 Å². The maximum Gasteiger partial charge on any atom is 0.408 e. The summed E-state index contributed by atoms with van der Waals surface area (Å²) in [6, 6.07) is 22.8. The first-order valence-corrected chi connectivity index (χ1v) is 11.7. The van der Waals surface area contributed by atoms with E-state index >= 15 is 0 Å². The molecule has 0 unspecified atom stereocenters. The lowest BCUT2D eigenvalue weighted by Gasteiger charge is -2.23. The highest BCUT2D eigenvalue weighted by Crippen LogP contribution is 2.13. The molecule has 2 amide bonds. The van der Waals surface area contributed by atoms with Gasteiger partial charge in [0.2, 0.25) is 5.91 Å². The minimum Gasteiger partial charge on any atom is -0.508 e. The molecule has 0 saturated heterocycles. The van der Waals surface area contributed by atoms with Crippen LogP contribution in [0.15, 0.2) is 84.9 Å².